The third kappa shape index (κ3) is 2.45. The van der Waals surface area contributed by atoms with Gasteiger partial charge in [-0.3, -0.25) is 4.79 Å². The monoisotopic (exact) mass is 289 g/mol. The standard InChI is InChI=1S/C13H14F3NO3/c14-8-5-7(9(15)11(19)10(8)16)12(20)17-13(6-18)3-1-2-4-13/h5,18-19H,1-4,6H2,(H,17,20). The Balaban J connectivity index is 2.30. The molecule has 0 radical (unpaired) electrons. The van der Waals surface area contributed by atoms with E-state index in [1.807, 2.05) is 0 Å². The summed E-state index contributed by atoms with van der Waals surface area (Å²) in [6.07, 6.45) is 2.64. The zero-order valence-corrected chi connectivity index (χ0v) is 10.5. The first-order valence-corrected chi connectivity index (χ1v) is 6.20. The highest BCUT2D eigenvalue weighted by atomic mass is 19.2. The van der Waals surface area contributed by atoms with E-state index in [1.54, 1.807) is 0 Å². The maximum Gasteiger partial charge on any atom is 0.255 e. The number of nitrogens with one attached hydrogen (secondary N) is 1. The third-order valence-electron chi connectivity index (χ3n) is 3.62. The summed E-state index contributed by atoms with van der Waals surface area (Å²) in [4.78, 5) is 11.9. The highest BCUT2D eigenvalue weighted by molar-refractivity contribution is 5.95. The first-order valence-electron chi connectivity index (χ1n) is 6.20. The van der Waals surface area contributed by atoms with Crippen LogP contribution in [0.1, 0.15) is 36.0 Å². The summed E-state index contributed by atoms with van der Waals surface area (Å²) in [5.74, 6) is -7.30. The molecule has 0 atom stereocenters. The Morgan fingerprint density at radius 3 is 2.40 bits per heavy atom. The molecule has 1 aliphatic carbocycles. The second-order valence-corrected chi connectivity index (χ2v) is 4.98. The van der Waals surface area contributed by atoms with Crippen molar-refractivity contribution in [1.82, 2.24) is 5.32 Å². The molecule has 1 amide bonds. The van der Waals surface area contributed by atoms with Crippen molar-refractivity contribution in [1.29, 1.82) is 0 Å². The van der Waals surface area contributed by atoms with Gasteiger partial charge in [0, 0.05) is 0 Å². The lowest BCUT2D eigenvalue weighted by Gasteiger charge is -2.28. The summed E-state index contributed by atoms with van der Waals surface area (Å²) in [5, 5.41) is 20.9. The fourth-order valence-corrected chi connectivity index (χ4v) is 2.44. The molecule has 0 unspecified atom stereocenters. The van der Waals surface area contributed by atoms with Gasteiger partial charge in [0.2, 0.25) is 5.82 Å². The molecular formula is C13H14F3NO3. The van der Waals surface area contributed by atoms with Crippen LogP contribution in [0.15, 0.2) is 6.07 Å². The Hall–Kier alpha value is -1.76. The number of halogens is 3. The van der Waals surface area contributed by atoms with Crippen molar-refractivity contribution in [2.45, 2.75) is 31.2 Å². The molecule has 0 spiro atoms. The predicted octanol–water partition coefficient (Wildman–Crippen LogP) is 1.84. The SMILES string of the molecule is O=C(NC1(CO)CCCC1)c1cc(F)c(F)c(O)c1F. The molecule has 3 N–H and O–H groups in total. The number of hydrogen-bond acceptors (Lipinski definition) is 3. The van der Waals surface area contributed by atoms with Crippen LogP contribution < -0.4 is 5.32 Å². The van der Waals surface area contributed by atoms with E-state index in [1.165, 1.54) is 0 Å². The summed E-state index contributed by atoms with van der Waals surface area (Å²) in [6, 6.07) is 0.389. The Bertz CT molecular complexity index is 542. The molecule has 1 saturated carbocycles. The number of rotatable bonds is 3. The molecule has 1 aliphatic rings. The molecule has 0 bridgehead atoms. The molecule has 0 aromatic heterocycles. The number of amides is 1. The summed E-state index contributed by atoms with van der Waals surface area (Å²) >= 11 is 0. The number of carbonyl (C=O) groups is 1. The number of aliphatic hydroxyl groups excluding tert-OH is 1. The topological polar surface area (TPSA) is 69.6 Å². The van der Waals surface area contributed by atoms with E-state index < -0.39 is 40.2 Å². The molecule has 20 heavy (non-hydrogen) atoms. The van der Waals surface area contributed by atoms with Crippen molar-refractivity contribution in [2.75, 3.05) is 6.61 Å². The molecule has 1 aromatic rings. The first kappa shape index (κ1) is 14.6. The van der Waals surface area contributed by atoms with Gasteiger partial charge in [0.25, 0.3) is 5.91 Å². The molecule has 1 aromatic carbocycles. The number of hydrogen-bond donors (Lipinski definition) is 3. The Labute approximate surface area is 113 Å². The summed E-state index contributed by atoms with van der Waals surface area (Å²) in [7, 11) is 0. The van der Waals surface area contributed by atoms with Crippen molar-refractivity contribution < 1.29 is 28.2 Å². The second kappa shape index (κ2) is 5.32. The zero-order chi connectivity index (χ0) is 14.9. The van der Waals surface area contributed by atoms with Crippen molar-refractivity contribution in [3.63, 3.8) is 0 Å². The summed E-state index contributed by atoms with van der Waals surface area (Å²) < 4.78 is 39.7. The number of aliphatic hydroxyl groups is 1. The average Bonchev–Trinajstić information content (AvgIpc) is 2.89. The van der Waals surface area contributed by atoms with Gasteiger partial charge in [0.15, 0.2) is 17.4 Å². The quantitative estimate of drug-likeness (QED) is 0.744. The van der Waals surface area contributed by atoms with Gasteiger partial charge in [0.1, 0.15) is 0 Å². The van der Waals surface area contributed by atoms with Crippen molar-refractivity contribution in [3.8, 4) is 5.75 Å². The molecule has 1 fully saturated rings. The Morgan fingerprint density at radius 1 is 1.25 bits per heavy atom. The maximum atomic E-state index is 13.6. The van der Waals surface area contributed by atoms with Gasteiger partial charge in [-0.15, -0.1) is 0 Å². The molecule has 0 aliphatic heterocycles. The normalized spacial score (nSPS) is 17.2. The summed E-state index contributed by atoms with van der Waals surface area (Å²) in [5.41, 5.74) is -1.66. The Morgan fingerprint density at radius 2 is 1.85 bits per heavy atom. The highest BCUT2D eigenvalue weighted by Gasteiger charge is 2.36. The van der Waals surface area contributed by atoms with E-state index in [0.29, 0.717) is 18.9 Å². The fraction of sp³-hybridized carbons (Fsp3) is 0.462. The lowest BCUT2D eigenvalue weighted by atomic mass is 9.98. The van der Waals surface area contributed by atoms with Crippen LogP contribution in [-0.2, 0) is 0 Å². The van der Waals surface area contributed by atoms with E-state index in [4.69, 9.17) is 5.11 Å². The van der Waals surface area contributed by atoms with E-state index in [-0.39, 0.29) is 6.61 Å². The molecule has 2 rings (SSSR count). The van der Waals surface area contributed by atoms with E-state index in [2.05, 4.69) is 5.32 Å². The van der Waals surface area contributed by atoms with Crippen molar-refractivity contribution >= 4 is 5.91 Å². The highest BCUT2D eigenvalue weighted by Crippen LogP contribution is 2.31. The van der Waals surface area contributed by atoms with Crippen LogP contribution in [0.5, 0.6) is 5.75 Å². The number of carbonyl (C=O) groups excluding carboxylic acids is 1. The van der Waals surface area contributed by atoms with E-state index in [9.17, 15) is 23.1 Å². The third-order valence-corrected chi connectivity index (χ3v) is 3.62. The van der Waals surface area contributed by atoms with Crippen LogP contribution in [0.25, 0.3) is 0 Å². The fourth-order valence-electron chi connectivity index (χ4n) is 2.44. The van der Waals surface area contributed by atoms with Gasteiger partial charge in [-0.05, 0) is 18.9 Å². The van der Waals surface area contributed by atoms with Crippen LogP contribution in [0.4, 0.5) is 13.2 Å². The molecular weight excluding hydrogens is 275 g/mol. The molecule has 0 saturated heterocycles. The number of aromatic hydroxyl groups is 1. The molecule has 110 valence electrons. The lowest BCUT2D eigenvalue weighted by Crippen LogP contribution is -2.49. The summed E-state index contributed by atoms with van der Waals surface area (Å²) in [6.45, 7) is -0.323. The molecule has 4 nitrogen and oxygen atoms in total. The predicted molar refractivity (Wildman–Crippen MR) is 63.7 cm³/mol. The minimum atomic E-state index is -1.74. The largest absolute Gasteiger partial charge is 0.503 e. The number of phenols is 1. The van der Waals surface area contributed by atoms with Gasteiger partial charge >= 0.3 is 0 Å². The lowest BCUT2D eigenvalue weighted by molar-refractivity contribution is 0.0832. The van der Waals surface area contributed by atoms with Gasteiger partial charge in [-0.25, -0.2) is 8.78 Å². The number of benzene rings is 1. The van der Waals surface area contributed by atoms with Gasteiger partial charge in [-0.1, -0.05) is 12.8 Å². The number of phenolic OH excluding ortho intramolecular Hbond substituents is 1. The van der Waals surface area contributed by atoms with Crippen molar-refractivity contribution in [2.24, 2.45) is 0 Å². The first-order chi connectivity index (χ1) is 9.40. The average molecular weight is 289 g/mol. The van der Waals surface area contributed by atoms with Crippen LogP contribution in [0.2, 0.25) is 0 Å². The van der Waals surface area contributed by atoms with Crippen molar-refractivity contribution in [3.05, 3.63) is 29.1 Å². The smallest absolute Gasteiger partial charge is 0.255 e. The van der Waals surface area contributed by atoms with Gasteiger partial charge in [0.05, 0.1) is 17.7 Å². The van der Waals surface area contributed by atoms with Crippen LogP contribution >= 0.6 is 0 Å². The zero-order valence-electron chi connectivity index (χ0n) is 10.5. The van der Waals surface area contributed by atoms with Gasteiger partial charge in [-0.2, -0.15) is 4.39 Å². The van der Waals surface area contributed by atoms with E-state index in [0.717, 1.165) is 12.8 Å². The molecule has 7 heteroatoms. The van der Waals surface area contributed by atoms with Crippen LogP contribution in [0, 0.1) is 17.5 Å². The van der Waals surface area contributed by atoms with Crippen LogP contribution in [-0.4, -0.2) is 28.3 Å². The minimum Gasteiger partial charge on any atom is -0.503 e. The van der Waals surface area contributed by atoms with E-state index >= 15 is 0 Å². The second-order valence-electron chi connectivity index (χ2n) is 4.98. The molecule has 0 heterocycles. The van der Waals surface area contributed by atoms with Crippen LogP contribution in [0.3, 0.4) is 0 Å². The van der Waals surface area contributed by atoms with Gasteiger partial charge < -0.3 is 15.5 Å². The minimum absolute atomic E-state index is 0.323. The Kier molecular flexibility index (Phi) is 3.89. The maximum absolute atomic E-state index is 13.6.